The molecule has 2 aromatic rings. The molecule has 0 spiro atoms. The molecular formula is C16H16OS. The van der Waals surface area contributed by atoms with Crippen molar-refractivity contribution in [1.29, 1.82) is 0 Å². The zero-order chi connectivity index (χ0) is 12.8. The summed E-state index contributed by atoms with van der Waals surface area (Å²) in [6.45, 7) is 1.60. The van der Waals surface area contributed by atoms with Crippen LogP contribution in [0.1, 0.15) is 28.4 Å². The van der Waals surface area contributed by atoms with Gasteiger partial charge in [-0.1, -0.05) is 54.6 Å². The van der Waals surface area contributed by atoms with Crippen molar-refractivity contribution >= 4 is 17.5 Å². The third-order valence-electron chi connectivity index (χ3n) is 2.74. The van der Waals surface area contributed by atoms with Crippen LogP contribution in [0.15, 0.2) is 54.6 Å². The van der Waals surface area contributed by atoms with Gasteiger partial charge in [0.2, 0.25) is 0 Å². The number of benzene rings is 2. The molecule has 2 aromatic carbocycles. The van der Waals surface area contributed by atoms with Crippen LogP contribution in [0, 0.1) is 0 Å². The lowest BCUT2D eigenvalue weighted by atomic mass is 10.1. The second-order valence-electron chi connectivity index (χ2n) is 4.23. The number of thioether (sulfide) groups is 1. The van der Waals surface area contributed by atoms with Crippen molar-refractivity contribution in [3.05, 3.63) is 71.3 Å². The van der Waals surface area contributed by atoms with Crippen LogP contribution in [-0.2, 0) is 11.5 Å². The van der Waals surface area contributed by atoms with Gasteiger partial charge >= 0.3 is 0 Å². The molecule has 0 aliphatic carbocycles. The number of carbonyl (C=O) groups excluding carboxylic acids is 1. The minimum atomic E-state index is 0.124. The molecule has 0 aliphatic rings. The predicted molar refractivity (Wildman–Crippen MR) is 77.9 cm³/mol. The van der Waals surface area contributed by atoms with E-state index in [-0.39, 0.29) is 5.78 Å². The molecule has 0 aromatic heterocycles. The highest BCUT2D eigenvalue weighted by Crippen LogP contribution is 2.18. The molecule has 0 saturated carbocycles. The summed E-state index contributed by atoms with van der Waals surface area (Å²) in [6, 6.07) is 18.3. The average molecular weight is 256 g/mol. The van der Waals surface area contributed by atoms with E-state index >= 15 is 0 Å². The summed E-state index contributed by atoms with van der Waals surface area (Å²) in [6.07, 6.45) is 0. The van der Waals surface area contributed by atoms with E-state index < -0.39 is 0 Å². The van der Waals surface area contributed by atoms with E-state index in [2.05, 4.69) is 24.3 Å². The maximum absolute atomic E-state index is 11.2. The van der Waals surface area contributed by atoms with Crippen LogP contribution in [-0.4, -0.2) is 5.78 Å². The summed E-state index contributed by atoms with van der Waals surface area (Å²) >= 11 is 1.89. The molecule has 1 nitrogen and oxygen atoms in total. The van der Waals surface area contributed by atoms with Gasteiger partial charge in [-0.25, -0.2) is 0 Å². The van der Waals surface area contributed by atoms with Gasteiger partial charge in [0, 0.05) is 17.1 Å². The molecule has 0 aliphatic heterocycles. The fraction of sp³-hybridized carbons (Fsp3) is 0.188. The Morgan fingerprint density at radius 3 is 2.00 bits per heavy atom. The number of hydrogen-bond acceptors (Lipinski definition) is 2. The van der Waals surface area contributed by atoms with Gasteiger partial charge in [0.15, 0.2) is 5.78 Å². The first kappa shape index (κ1) is 12.9. The summed E-state index contributed by atoms with van der Waals surface area (Å²) in [4.78, 5) is 11.2. The Labute approximate surface area is 112 Å². The minimum Gasteiger partial charge on any atom is -0.295 e. The van der Waals surface area contributed by atoms with E-state index in [9.17, 15) is 4.79 Å². The Morgan fingerprint density at radius 1 is 0.889 bits per heavy atom. The highest BCUT2D eigenvalue weighted by molar-refractivity contribution is 7.97. The summed E-state index contributed by atoms with van der Waals surface area (Å²) < 4.78 is 0. The number of rotatable bonds is 5. The Morgan fingerprint density at radius 2 is 1.44 bits per heavy atom. The van der Waals surface area contributed by atoms with Crippen LogP contribution in [0.3, 0.4) is 0 Å². The molecule has 2 heteroatoms. The molecule has 0 saturated heterocycles. The molecular weight excluding hydrogens is 240 g/mol. The fourth-order valence-electron chi connectivity index (χ4n) is 1.70. The summed E-state index contributed by atoms with van der Waals surface area (Å²) in [5.41, 5.74) is 3.40. The van der Waals surface area contributed by atoms with Gasteiger partial charge in [-0.05, 0) is 18.1 Å². The number of ketones is 1. The van der Waals surface area contributed by atoms with Crippen molar-refractivity contribution < 1.29 is 4.79 Å². The minimum absolute atomic E-state index is 0.124. The molecule has 0 fully saturated rings. The first-order valence-electron chi connectivity index (χ1n) is 5.97. The third kappa shape index (κ3) is 3.74. The van der Waals surface area contributed by atoms with Crippen LogP contribution in [0.4, 0.5) is 0 Å². The first-order valence-corrected chi connectivity index (χ1v) is 7.13. The first-order chi connectivity index (χ1) is 8.75. The molecule has 92 valence electrons. The second-order valence-corrected chi connectivity index (χ2v) is 5.22. The van der Waals surface area contributed by atoms with Gasteiger partial charge in [0.05, 0.1) is 0 Å². The largest absolute Gasteiger partial charge is 0.295 e. The van der Waals surface area contributed by atoms with Crippen molar-refractivity contribution in [3.63, 3.8) is 0 Å². The Kier molecular flexibility index (Phi) is 4.59. The van der Waals surface area contributed by atoms with Gasteiger partial charge in [-0.3, -0.25) is 4.79 Å². The zero-order valence-corrected chi connectivity index (χ0v) is 11.2. The molecule has 0 bridgehead atoms. The maximum Gasteiger partial charge on any atom is 0.159 e. The lowest BCUT2D eigenvalue weighted by Gasteiger charge is -2.03. The maximum atomic E-state index is 11.2. The lowest BCUT2D eigenvalue weighted by Crippen LogP contribution is -1.91. The standard InChI is InChI=1S/C16H16OS/c1-13(17)16-9-7-15(8-10-16)12-18-11-14-5-3-2-4-6-14/h2-10H,11-12H2,1H3. The number of carbonyl (C=O) groups is 1. The Bertz CT molecular complexity index is 502. The van der Waals surface area contributed by atoms with Crippen LogP contribution in [0.25, 0.3) is 0 Å². The normalized spacial score (nSPS) is 10.3. The summed E-state index contributed by atoms with van der Waals surface area (Å²) in [7, 11) is 0. The van der Waals surface area contributed by atoms with Gasteiger partial charge in [-0.2, -0.15) is 11.8 Å². The van der Waals surface area contributed by atoms with Gasteiger partial charge in [-0.15, -0.1) is 0 Å². The average Bonchev–Trinajstić information content (AvgIpc) is 2.40. The molecule has 0 N–H and O–H groups in total. The van der Waals surface area contributed by atoms with Crippen LogP contribution < -0.4 is 0 Å². The molecule has 0 amide bonds. The Hall–Kier alpha value is -1.54. The summed E-state index contributed by atoms with van der Waals surface area (Å²) in [5.74, 6) is 2.13. The van der Waals surface area contributed by atoms with E-state index in [1.807, 2.05) is 42.1 Å². The van der Waals surface area contributed by atoms with Gasteiger partial charge < -0.3 is 0 Å². The third-order valence-corrected chi connectivity index (χ3v) is 3.82. The zero-order valence-electron chi connectivity index (χ0n) is 10.4. The second kappa shape index (κ2) is 6.41. The Balaban J connectivity index is 1.85. The molecule has 0 atom stereocenters. The van der Waals surface area contributed by atoms with E-state index in [4.69, 9.17) is 0 Å². The van der Waals surface area contributed by atoms with Crippen LogP contribution in [0.2, 0.25) is 0 Å². The topological polar surface area (TPSA) is 17.1 Å². The van der Waals surface area contributed by atoms with Gasteiger partial charge in [0.25, 0.3) is 0 Å². The van der Waals surface area contributed by atoms with E-state index in [1.54, 1.807) is 6.92 Å². The monoisotopic (exact) mass is 256 g/mol. The smallest absolute Gasteiger partial charge is 0.159 e. The van der Waals surface area contributed by atoms with Crippen molar-refractivity contribution in [2.75, 3.05) is 0 Å². The van der Waals surface area contributed by atoms with Crippen LogP contribution >= 0.6 is 11.8 Å². The highest BCUT2D eigenvalue weighted by Gasteiger charge is 1.99. The lowest BCUT2D eigenvalue weighted by molar-refractivity contribution is 0.101. The molecule has 0 heterocycles. The highest BCUT2D eigenvalue weighted by atomic mass is 32.2. The molecule has 0 radical (unpaired) electrons. The fourth-order valence-corrected chi connectivity index (χ4v) is 2.66. The van der Waals surface area contributed by atoms with E-state index in [1.165, 1.54) is 11.1 Å². The van der Waals surface area contributed by atoms with Gasteiger partial charge in [0.1, 0.15) is 0 Å². The van der Waals surface area contributed by atoms with Crippen molar-refractivity contribution in [2.24, 2.45) is 0 Å². The number of hydrogen-bond donors (Lipinski definition) is 0. The SMILES string of the molecule is CC(=O)c1ccc(CSCc2ccccc2)cc1. The summed E-state index contributed by atoms with van der Waals surface area (Å²) in [5, 5.41) is 0. The van der Waals surface area contributed by atoms with E-state index in [0.29, 0.717) is 0 Å². The van der Waals surface area contributed by atoms with Crippen LogP contribution in [0.5, 0.6) is 0 Å². The molecule has 0 unspecified atom stereocenters. The predicted octanol–water partition coefficient (Wildman–Crippen LogP) is 4.32. The quantitative estimate of drug-likeness (QED) is 0.741. The molecule has 2 rings (SSSR count). The van der Waals surface area contributed by atoms with Crippen molar-refractivity contribution in [1.82, 2.24) is 0 Å². The number of Topliss-reactive ketones (excluding diaryl/α,β-unsaturated/α-hetero) is 1. The van der Waals surface area contributed by atoms with Crippen molar-refractivity contribution in [3.8, 4) is 0 Å². The van der Waals surface area contributed by atoms with Crippen molar-refractivity contribution in [2.45, 2.75) is 18.4 Å². The molecule has 18 heavy (non-hydrogen) atoms. The van der Waals surface area contributed by atoms with E-state index in [0.717, 1.165) is 17.1 Å².